The van der Waals surface area contributed by atoms with Crippen molar-refractivity contribution in [3.05, 3.63) is 40.7 Å². The molecular formula is C21H27ClN4O3. The third kappa shape index (κ3) is 4.24. The average Bonchev–Trinajstić information content (AvgIpc) is 3.24. The molecule has 2 aromatic rings. The van der Waals surface area contributed by atoms with Crippen LogP contribution in [-0.4, -0.2) is 54.6 Å². The molecule has 1 saturated heterocycles. The summed E-state index contributed by atoms with van der Waals surface area (Å²) >= 11 is 6.32. The number of nitrogens with zero attached hydrogens (tertiary/aromatic N) is 4. The van der Waals surface area contributed by atoms with Gasteiger partial charge in [-0.3, -0.25) is 4.79 Å². The van der Waals surface area contributed by atoms with Crippen LogP contribution in [0.15, 0.2) is 24.4 Å². The molecular weight excluding hydrogens is 392 g/mol. The lowest BCUT2D eigenvalue weighted by Crippen LogP contribution is -2.32. The minimum atomic E-state index is -0.189. The SMILES string of the molecule is CCN(CC)c1ncc(Cl)c(C(=O)N2CCCC2c2ccc(OC)cc2OC)n1. The molecule has 0 spiro atoms. The van der Waals surface area contributed by atoms with Crippen LogP contribution in [0.5, 0.6) is 11.5 Å². The highest BCUT2D eigenvalue weighted by atomic mass is 35.5. The van der Waals surface area contributed by atoms with Crippen LogP contribution in [0.2, 0.25) is 5.02 Å². The van der Waals surface area contributed by atoms with Crippen LogP contribution in [0.25, 0.3) is 0 Å². The van der Waals surface area contributed by atoms with Crippen LogP contribution < -0.4 is 14.4 Å². The van der Waals surface area contributed by atoms with E-state index in [2.05, 4.69) is 9.97 Å². The van der Waals surface area contributed by atoms with Crippen LogP contribution in [-0.2, 0) is 0 Å². The summed E-state index contributed by atoms with van der Waals surface area (Å²) in [5, 5.41) is 0.262. The van der Waals surface area contributed by atoms with Gasteiger partial charge in [0.1, 0.15) is 11.5 Å². The number of anilines is 1. The predicted molar refractivity (Wildman–Crippen MR) is 113 cm³/mol. The van der Waals surface area contributed by atoms with E-state index in [1.54, 1.807) is 14.2 Å². The molecule has 7 nitrogen and oxygen atoms in total. The second-order valence-electron chi connectivity index (χ2n) is 6.80. The third-order valence-corrected chi connectivity index (χ3v) is 5.57. The maximum absolute atomic E-state index is 13.4. The van der Waals surface area contributed by atoms with E-state index in [-0.39, 0.29) is 22.7 Å². The Bertz CT molecular complexity index is 873. The molecule has 1 unspecified atom stereocenters. The highest BCUT2D eigenvalue weighted by Crippen LogP contribution is 2.39. The summed E-state index contributed by atoms with van der Waals surface area (Å²) < 4.78 is 10.9. The molecule has 3 rings (SSSR count). The topological polar surface area (TPSA) is 67.8 Å². The van der Waals surface area contributed by atoms with Crippen molar-refractivity contribution in [3.63, 3.8) is 0 Å². The number of carbonyl (C=O) groups is 1. The van der Waals surface area contributed by atoms with Crippen LogP contribution >= 0.6 is 11.6 Å². The van der Waals surface area contributed by atoms with E-state index in [1.807, 2.05) is 41.8 Å². The lowest BCUT2D eigenvalue weighted by atomic mass is 10.0. The van der Waals surface area contributed by atoms with Gasteiger partial charge in [0, 0.05) is 31.3 Å². The molecule has 0 N–H and O–H groups in total. The highest BCUT2D eigenvalue weighted by Gasteiger charge is 2.34. The van der Waals surface area contributed by atoms with Crippen molar-refractivity contribution in [1.82, 2.24) is 14.9 Å². The number of ether oxygens (including phenoxy) is 2. The van der Waals surface area contributed by atoms with Gasteiger partial charge in [0.2, 0.25) is 5.95 Å². The van der Waals surface area contributed by atoms with Crippen molar-refractivity contribution >= 4 is 23.5 Å². The molecule has 8 heteroatoms. The molecule has 1 aliphatic heterocycles. The van der Waals surface area contributed by atoms with E-state index >= 15 is 0 Å². The Hall–Kier alpha value is -2.54. The monoisotopic (exact) mass is 418 g/mol. The Morgan fingerprint density at radius 1 is 1.28 bits per heavy atom. The Kier molecular flexibility index (Phi) is 6.79. The van der Waals surface area contributed by atoms with Crippen LogP contribution in [0.4, 0.5) is 5.95 Å². The lowest BCUT2D eigenvalue weighted by molar-refractivity contribution is 0.0728. The Morgan fingerprint density at radius 3 is 2.69 bits per heavy atom. The van der Waals surface area contributed by atoms with Crippen molar-refractivity contribution in [1.29, 1.82) is 0 Å². The number of halogens is 1. The number of methoxy groups -OCH3 is 2. The van der Waals surface area contributed by atoms with E-state index in [0.29, 0.717) is 24.0 Å². The summed E-state index contributed by atoms with van der Waals surface area (Å²) in [7, 11) is 3.24. The number of amides is 1. The molecule has 2 heterocycles. The van der Waals surface area contributed by atoms with Crippen LogP contribution in [0, 0.1) is 0 Å². The molecule has 1 aromatic heterocycles. The molecule has 1 atom stereocenters. The van der Waals surface area contributed by atoms with Gasteiger partial charge in [-0.1, -0.05) is 11.6 Å². The molecule has 1 aromatic carbocycles. The van der Waals surface area contributed by atoms with Crippen molar-refractivity contribution in [3.8, 4) is 11.5 Å². The molecule has 0 bridgehead atoms. The third-order valence-electron chi connectivity index (χ3n) is 5.29. The maximum Gasteiger partial charge on any atom is 0.274 e. The van der Waals surface area contributed by atoms with Gasteiger partial charge >= 0.3 is 0 Å². The number of rotatable bonds is 7. The summed E-state index contributed by atoms with van der Waals surface area (Å²) in [4.78, 5) is 26.0. The van der Waals surface area contributed by atoms with E-state index in [0.717, 1.165) is 31.5 Å². The number of aromatic nitrogens is 2. The summed E-state index contributed by atoms with van der Waals surface area (Å²) in [6, 6.07) is 5.57. The van der Waals surface area contributed by atoms with Crippen molar-refractivity contribution < 1.29 is 14.3 Å². The molecule has 156 valence electrons. The molecule has 1 amide bonds. The smallest absolute Gasteiger partial charge is 0.274 e. The van der Waals surface area contributed by atoms with E-state index < -0.39 is 0 Å². The van der Waals surface area contributed by atoms with Gasteiger partial charge in [-0.15, -0.1) is 0 Å². The first-order valence-electron chi connectivity index (χ1n) is 9.84. The van der Waals surface area contributed by atoms with Gasteiger partial charge in [-0.05, 0) is 38.8 Å². The summed E-state index contributed by atoms with van der Waals surface area (Å²) in [6.07, 6.45) is 3.26. The van der Waals surface area contributed by atoms with Crippen molar-refractivity contribution in [2.45, 2.75) is 32.7 Å². The molecule has 0 aliphatic carbocycles. The molecule has 1 fully saturated rings. The fourth-order valence-corrected chi connectivity index (χ4v) is 3.90. The minimum absolute atomic E-state index is 0.105. The second kappa shape index (κ2) is 9.31. The van der Waals surface area contributed by atoms with Gasteiger partial charge in [-0.2, -0.15) is 0 Å². The standard InChI is InChI=1S/C21H27ClN4O3/c1-5-25(6-2)21-23-13-16(22)19(24-21)20(27)26-11-7-8-17(26)15-10-9-14(28-3)12-18(15)29-4/h9-10,12-13,17H,5-8,11H2,1-4H3. The zero-order valence-electron chi connectivity index (χ0n) is 17.3. The largest absolute Gasteiger partial charge is 0.497 e. The zero-order valence-corrected chi connectivity index (χ0v) is 18.1. The number of carbonyl (C=O) groups excluding carboxylic acids is 1. The summed E-state index contributed by atoms with van der Waals surface area (Å²) in [5.41, 5.74) is 1.19. The average molecular weight is 419 g/mol. The first kappa shape index (κ1) is 21.2. The molecule has 29 heavy (non-hydrogen) atoms. The van der Waals surface area contributed by atoms with E-state index in [1.165, 1.54) is 6.20 Å². The van der Waals surface area contributed by atoms with Gasteiger partial charge in [0.25, 0.3) is 5.91 Å². The normalized spacial score (nSPS) is 16.0. The summed E-state index contributed by atoms with van der Waals surface area (Å²) in [5.74, 6) is 1.74. The quantitative estimate of drug-likeness (QED) is 0.677. The number of hydrogen-bond acceptors (Lipinski definition) is 6. The fraction of sp³-hybridized carbons (Fsp3) is 0.476. The van der Waals surface area contributed by atoms with Gasteiger partial charge in [0.15, 0.2) is 5.69 Å². The van der Waals surface area contributed by atoms with Crippen LogP contribution in [0.1, 0.15) is 48.8 Å². The van der Waals surface area contributed by atoms with Gasteiger partial charge < -0.3 is 19.3 Å². The highest BCUT2D eigenvalue weighted by molar-refractivity contribution is 6.33. The lowest BCUT2D eigenvalue weighted by Gasteiger charge is -2.27. The predicted octanol–water partition coefficient (Wildman–Crippen LogP) is 3.97. The molecule has 0 radical (unpaired) electrons. The Morgan fingerprint density at radius 2 is 2.03 bits per heavy atom. The zero-order chi connectivity index (χ0) is 21.0. The van der Waals surface area contributed by atoms with Crippen LogP contribution in [0.3, 0.4) is 0 Å². The molecule has 0 saturated carbocycles. The minimum Gasteiger partial charge on any atom is -0.497 e. The Balaban J connectivity index is 1.94. The van der Waals surface area contributed by atoms with Gasteiger partial charge in [-0.25, -0.2) is 9.97 Å². The second-order valence-corrected chi connectivity index (χ2v) is 7.21. The fourth-order valence-electron chi connectivity index (χ4n) is 3.73. The van der Waals surface area contributed by atoms with E-state index in [4.69, 9.17) is 21.1 Å². The first-order valence-corrected chi connectivity index (χ1v) is 10.2. The van der Waals surface area contributed by atoms with E-state index in [9.17, 15) is 4.79 Å². The summed E-state index contributed by atoms with van der Waals surface area (Å²) in [6.45, 7) is 6.19. The number of likely N-dealkylation sites (tertiary alicyclic amines) is 1. The Labute approximate surface area is 176 Å². The van der Waals surface area contributed by atoms with Gasteiger partial charge in [0.05, 0.1) is 31.5 Å². The first-order chi connectivity index (χ1) is 14.0. The van der Waals surface area contributed by atoms with Crippen molar-refractivity contribution in [2.75, 3.05) is 38.8 Å². The molecule has 1 aliphatic rings. The van der Waals surface area contributed by atoms with Crippen molar-refractivity contribution in [2.24, 2.45) is 0 Å². The number of hydrogen-bond donors (Lipinski definition) is 0. The maximum atomic E-state index is 13.4. The number of benzene rings is 1.